The second kappa shape index (κ2) is 4.22. The molecule has 3 nitrogen and oxygen atoms in total. The average Bonchev–Trinajstić information content (AvgIpc) is 2.57. The van der Waals surface area contributed by atoms with E-state index in [9.17, 15) is 5.11 Å². The van der Waals surface area contributed by atoms with E-state index in [0.717, 1.165) is 24.4 Å². The molecule has 0 saturated heterocycles. The second-order valence-corrected chi connectivity index (χ2v) is 5.19. The summed E-state index contributed by atoms with van der Waals surface area (Å²) in [4.78, 5) is 2.16. The number of aryl methyl sites for hydroxylation is 1. The Morgan fingerprint density at radius 3 is 2.44 bits per heavy atom. The smallest absolute Gasteiger partial charge is 0.121 e. The van der Waals surface area contributed by atoms with E-state index in [-0.39, 0.29) is 18.1 Å². The van der Waals surface area contributed by atoms with Crippen LogP contribution in [0.2, 0.25) is 0 Å². The minimum atomic E-state index is 0.00773. The van der Waals surface area contributed by atoms with Crippen LogP contribution in [0.25, 0.3) is 0 Å². The Bertz CT molecular complexity index is 347. The highest BCUT2D eigenvalue weighted by Gasteiger charge is 2.46. The van der Waals surface area contributed by atoms with Crippen molar-refractivity contribution in [2.24, 2.45) is 5.41 Å². The van der Waals surface area contributed by atoms with Crippen molar-refractivity contribution in [1.82, 2.24) is 4.90 Å². The summed E-state index contributed by atoms with van der Waals surface area (Å²) in [6.45, 7) is 2.21. The first-order valence-corrected chi connectivity index (χ1v) is 5.93. The quantitative estimate of drug-likeness (QED) is 0.851. The molecule has 0 spiro atoms. The Labute approximate surface area is 97.1 Å². The Morgan fingerprint density at radius 1 is 1.44 bits per heavy atom. The molecule has 1 heterocycles. The van der Waals surface area contributed by atoms with Crippen LogP contribution in [0.4, 0.5) is 0 Å². The lowest BCUT2D eigenvalue weighted by atomic mass is 9.63. The van der Waals surface area contributed by atoms with Crippen LogP contribution in [0.3, 0.4) is 0 Å². The largest absolute Gasteiger partial charge is 0.465 e. The third kappa shape index (κ3) is 1.78. The number of rotatable bonds is 4. The average molecular weight is 223 g/mol. The number of furan rings is 1. The van der Waals surface area contributed by atoms with E-state index in [1.807, 2.05) is 19.1 Å². The van der Waals surface area contributed by atoms with Gasteiger partial charge in [-0.1, -0.05) is 6.42 Å². The maximum Gasteiger partial charge on any atom is 0.121 e. The molecule has 1 aromatic heterocycles. The van der Waals surface area contributed by atoms with Crippen LogP contribution < -0.4 is 0 Å². The predicted octanol–water partition coefficient (Wildman–Crippen LogP) is 2.35. The van der Waals surface area contributed by atoms with Crippen molar-refractivity contribution >= 4 is 0 Å². The number of nitrogens with zero attached hydrogens (tertiary/aromatic N) is 1. The zero-order valence-electron chi connectivity index (χ0n) is 10.4. The fraction of sp³-hybridized carbons (Fsp3) is 0.692. The lowest BCUT2D eigenvalue weighted by Crippen LogP contribution is -2.45. The molecule has 90 valence electrons. The number of hydrogen-bond acceptors (Lipinski definition) is 3. The zero-order valence-corrected chi connectivity index (χ0v) is 10.4. The van der Waals surface area contributed by atoms with Gasteiger partial charge < -0.3 is 9.52 Å². The standard InChI is InChI=1S/C13H21NO2/c1-10-5-6-11(16-10)12(14(2)3)13(9-15)7-4-8-13/h5-6,12,15H,4,7-9H2,1-3H3. The molecular weight excluding hydrogens is 202 g/mol. The molecule has 1 saturated carbocycles. The van der Waals surface area contributed by atoms with E-state index in [2.05, 4.69) is 19.0 Å². The SMILES string of the molecule is Cc1ccc(C(N(C)C)C2(CO)CCC2)o1. The van der Waals surface area contributed by atoms with Crippen molar-refractivity contribution in [3.63, 3.8) is 0 Å². The minimum Gasteiger partial charge on any atom is -0.465 e. The summed E-state index contributed by atoms with van der Waals surface area (Å²) in [5.74, 6) is 1.92. The Kier molecular flexibility index (Phi) is 3.08. The van der Waals surface area contributed by atoms with Crippen LogP contribution in [-0.2, 0) is 0 Å². The van der Waals surface area contributed by atoms with Crippen LogP contribution in [0.1, 0.15) is 36.8 Å². The first-order valence-electron chi connectivity index (χ1n) is 5.93. The molecule has 0 radical (unpaired) electrons. The number of aliphatic hydroxyl groups excluding tert-OH is 1. The van der Waals surface area contributed by atoms with E-state index >= 15 is 0 Å². The minimum absolute atomic E-state index is 0.00773. The fourth-order valence-corrected chi connectivity index (χ4v) is 2.85. The van der Waals surface area contributed by atoms with Crippen molar-refractivity contribution in [3.8, 4) is 0 Å². The molecule has 1 fully saturated rings. The van der Waals surface area contributed by atoms with Crippen molar-refractivity contribution < 1.29 is 9.52 Å². The lowest BCUT2D eigenvalue weighted by Gasteiger charge is -2.48. The van der Waals surface area contributed by atoms with Crippen molar-refractivity contribution in [3.05, 3.63) is 23.7 Å². The molecule has 2 rings (SSSR count). The van der Waals surface area contributed by atoms with Crippen LogP contribution in [-0.4, -0.2) is 30.7 Å². The van der Waals surface area contributed by atoms with Crippen LogP contribution in [0.5, 0.6) is 0 Å². The maximum absolute atomic E-state index is 9.66. The molecule has 0 amide bonds. The van der Waals surface area contributed by atoms with Crippen molar-refractivity contribution in [1.29, 1.82) is 0 Å². The fourth-order valence-electron chi connectivity index (χ4n) is 2.85. The first-order chi connectivity index (χ1) is 7.59. The lowest BCUT2D eigenvalue weighted by molar-refractivity contribution is -0.0391. The molecular formula is C13H21NO2. The van der Waals surface area contributed by atoms with Gasteiger partial charge in [-0.15, -0.1) is 0 Å². The summed E-state index contributed by atoms with van der Waals surface area (Å²) in [6.07, 6.45) is 3.39. The van der Waals surface area contributed by atoms with Gasteiger partial charge in [-0.2, -0.15) is 0 Å². The molecule has 0 bridgehead atoms. The molecule has 1 unspecified atom stereocenters. The van der Waals surface area contributed by atoms with E-state index in [0.29, 0.717) is 0 Å². The normalized spacial score (nSPS) is 20.8. The van der Waals surface area contributed by atoms with Gasteiger partial charge in [-0.05, 0) is 46.0 Å². The molecule has 1 aliphatic rings. The summed E-state index contributed by atoms with van der Waals surface area (Å²) in [5, 5.41) is 9.66. The van der Waals surface area contributed by atoms with Gasteiger partial charge >= 0.3 is 0 Å². The van der Waals surface area contributed by atoms with Gasteiger partial charge in [0.05, 0.1) is 12.6 Å². The Morgan fingerprint density at radius 2 is 2.12 bits per heavy atom. The Balaban J connectivity index is 2.30. The van der Waals surface area contributed by atoms with Gasteiger partial charge in [0, 0.05) is 5.41 Å². The Hall–Kier alpha value is -0.800. The molecule has 1 aliphatic carbocycles. The summed E-state index contributed by atoms with van der Waals surface area (Å²) in [6, 6.07) is 4.23. The third-order valence-electron chi connectivity index (χ3n) is 3.79. The van der Waals surface area contributed by atoms with E-state index in [1.54, 1.807) is 0 Å². The highest BCUT2D eigenvalue weighted by molar-refractivity contribution is 5.15. The van der Waals surface area contributed by atoms with E-state index < -0.39 is 0 Å². The third-order valence-corrected chi connectivity index (χ3v) is 3.79. The molecule has 1 aromatic rings. The predicted molar refractivity (Wildman–Crippen MR) is 63.2 cm³/mol. The van der Waals surface area contributed by atoms with Crippen LogP contribution in [0.15, 0.2) is 16.5 Å². The maximum atomic E-state index is 9.66. The van der Waals surface area contributed by atoms with E-state index in [1.165, 1.54) is 6.42 Å². The summed E-state index contributed by atoms with van der Waals surface area (Å²) < 4.78 is 5.74. The van der Waals surface area contributed by atoms with Gasteiger partial charge in [-0.3, -0.25) is 4.90 Å². The molecule has 1 N–H and O–H groups in total. The molecule has 3 heteroatoms. The van der Waals surface area contributed by atoms with Crippen molar-refractivity contribution in [2.45, 2.75) is 32.2 Å². The monoisotopic (exact) mass is 223 g/mol. The van der Waals surface area contributed by atoms with Gasteiger partial charge in [0.15, 0.2) is 0 Å². The van der Waals surface area contributed by atoms with E-state index in [4.69, 9.17) is 4.42 Å². The molecule has 16 heavy (non-hydrogen) atoms. The van der Waals surface area contributed by atoms with Gasteiger partial charge in [0.25, 0.3) is 0 Å². The second-order valence-electron chi connectivity index (χ2n) is 5.19. The highest BCUT2D eigenvalue weighted by atomic mass is 16.3. The van der Waals surface area contributed by atoms with Crippen molar-refractivity contribution in [2.75, 3.05) is 20.7 Å². The highest BCUT2D eigenvalue weighted by Crippen LogP contribution is 2.52. The number of hydrogen-bond donors (Lipinski definition) is 1. The summed E-state index contributed by atoms with van der Waals surface area (Å²) in [7, 11) is 4.11. The molecule has 0 aliphatic heterocycles. The van der Waals surface area contributed by atoms with Gasteiger partial charge in [0.1, 0.15) is 11.5 Å². The number of aliphatic hydroxyl groups is 1. The zero-order chi connectivity index (χ0) is 11.8. The summed E-state index contributed by atoms with van der Waals surface area (Å²) >= 11 is 0. The topological polar surface area (TPSA) is 36.6 Å². The van der Waals surface area contributed by atoms with Crippen LogP contribution in [0, 0.1) is 12.3 Å². The van der Waals surface area contributed by atoms with Gasteiger partial charge in [0.2, 0.25) is 0 Å². The van der Waals surface area contributed by atoms with Gasteiger partial charge in [-0.25, -0.2) is 0 Å². The molecule has 0 aromatic carbocycles. The summed E-state index contributed by atoms with van der Waals surface area (Å²) in [5.41, 5.74) is 0.00773. The first kappa shape index (κ1) is 11.7. The molecule has 1 atom stereocenters. The van der Waals surface area contributed by atoms with Crippen LogP contribution >= 0.6 is 0 Å².